The summed E-state index contributed by atoms with van der Waals surface area (Å²) in [5.74, 6) is 0. The van der Waals surface area contributed by atoms with Crippen molar-refractivity contribution in [2.24, 2.45) is 0 Å². The van der Waals surface area contributed by atoms with Crippen molar-refractivity contribution in [1.29, 1.82) is 0 Å². The van der Waals surface area contributed by atoms with Crippen LogP contribution in [-0.4, -0.2) is 31.3 Å². The second-order valence-corrected chi connectivity index (χ2v) is 2.89. The largest absolute Gasteiger partial charge is 0.363 e. The van der Waals surface area contributed by atoms with Gasteiger partial charge >= 0.3 is 0 Å². The molecule has 1 unspecified atom stereocenters. The zero-order chi connectivity index (χ0) is 7.40. The molecule has 2 nitrogen and oxygen atoms in total. The number of nitrogens with zero attached hydrogens (tertiary/aromatic N) is 1. The van der Waals surface area contributed by atoms with E-state index < -0.39 is 0 Å². The summed E-state index contributed by atoms with van der Waals surface area (Å²) in [6.07, 6.45) is 4.28. The quantitative estimate of drug-likeness (QED) is 0.580. The van der Waals surface area contributed by atoms with Crippen LogP contribution in [-0.2, 0) is 4.74 Å². The fraction of sp³-hybridized carbons (Fsp3) is 1.00. The number of rotatable bonds is 2. The molecular formula is C8H17NO. The van der Waals surface area contributed by atoms with Gasteiger partial charge in [0.15, 0.2) is 0 Å². The Morgan fingerprint density at radius 1 is 1.50 bits per heavy atom. The molecular weight excluding hydrogens is 126 g/mol. The molecule has 0 aromatic rings. The van der Waals surface area contributed by atoms with Crippen LogP contribution in [0.4, 0.5) is 0 Å². The lowest BCUT2D eigenvalue weighted by molar-refractivity contribution is -0.0623. The van der Waals surface area contributed by atoms with E-state index in [1.807, 2.05) is 0 Å². The molecule has 1 saturated heterocycles. The van der Waals surface area contributed by atoms with Gasteiger partial charge in [-0.3, -0.25) is 4.90 Å². The molecule has 0 aromatic carbocycles. The maximum atomic E-state index is 5.52. The van der Waals surface area contributed by atoms with Crippen LogP contribution in [0, 0.1) is 0 Å². The number of hydrogen-bond donors (Lipinski definition) is 0. The molecule has 1 fully saturated rings. The second kappa shape index (κ2) is 3.94. The zero-order valence-corrected chi connectivity index (χ0v) is 6.97. The molecule has 1 rings (SSSR count). The fourth-order valence-corrected chi connectivity index (χ4v) is 1.45. The molecule has 1 heterocycles. The molecule has 1 atom stereocenters. The minimum absolute atomic E-state index is 0.402. The van der Waals surface area contributed by atoms with Gasteiger partial charge in [-0.05, 0) is 33.2 Å². The zero-order valence-electron chi connectivity index (χ0n) is 6.97. The topological polar surface area (TPSA) is 12.5 Å². The van der Waals surface area contributed by atoms with E-state index in [1.165, 1.54) is 25.8 Å². The number of piperidine rings is 1. The number of hydrogen-bond acceptors (Lipinski definition) is 2. The molecule has 0 aliphatic carbocycles. The lowest BCUT2D eigenvalue weighted by Crippen LogP contribution is -2.38. The molecule has 0 spiro atoms. The van der Waals surface area contributed by atoms with Gasteiger partial charge in [0.25, 0.3) is 0 Å². The van der Waals surface area contributed by atoms with E-state index in [4.69, 9.17) is 4.74 Å². The Kier molecular flexibility index (Phi) is 3.16. The summed E-state index contributed by atoms with van der Waals surface area (Å²) in [6.45, 7) is 4.10. The number of likely N-dealkylation sites (tertiary alicyclic amines) is 1. The van der Waals surface area contributed by atoms with Crippen molar-refractivity contribution in [3.05, 3.63) is 0 Å². The highest BCUT2D eigenvalue weighted by Crippen LogP contribution is 2.15. The first kappa shape index (κ1) is 8.02. The molecule has 0 amide bonds. The minimum Gasteiger partial charge on any atom is -0.363 e. The summed E-state index contributed by atoms with van der Waals surface area (Å²) in [5, 5.41) is 0. The highest BCUT2D eigenvalue weighted by atomic mass is 16.5. The predicted molar refractivity (Wildman–Crippen MR) is 41.9 cm³/mol. The van der Waals surface area contributed by atoms with Crippen LogP contribution in [0.2, 0.25) is 0 Å². The summed E-state index contributed by atoms with van der Waals surface area (Å²) < 4.78 is 5.52. The van der Waals surface area contributed by atoms with Gasteiger partial charge in [-0.15, -0.1) is 0 Å². The first-order valence-electron chi connectivity index (χ1n) is 4.16. The van der Waals surface area contributed by atoms with Crippen molar-refractivity contribution in [1.82, 2.24) is 4.90 Å². The van der Waals surface area contributed by atoms with Gasteiger partial charge in [-0.2, -0.15) is 0 Å². The van der Waals surface area contributed by atoms with Gasteiger partial charge in [-0.25, -0.2) is 0 Å². The van der Waals surface area contributed by atoms with Crippen LogP contribution in [0.3, 0.4) is 0 Å². The third-order valence-electron chi connectivity index (χ3n) is 2.06. The molecule has 10 heavy (non-hydrogen) atoms. The van der Waals surface area contributed by atoms with Crippen molar-refractivity contribution in [2.45, 2.75) is 32.4 Å². The standard InChI is InChI=1S/C8H17NO/c1-3-10-8-6-4-5-7-9(8)2/h8H,3-7H2,1-2H3. The van der Waals surface area contributed by atoms with E-state index in [0.29, 0.717) is 6.23 Å². The van der Waals surface area contributed by atoms with E-state index >= 15 is 0 Å². The van der Waals surface area contributed by atoms with Crippen LogP contribution in [0.25, 0.3) is 0 Å². The Morgan fingerprint density at radius 2 is 2.30 bits per heavy atom. The van der Waals surface area contributed by atoms with E-state index in [-0.39, 0.29) is 0 Å². The lowest BCUT2D eigenvalue weighted by atomic mass is 10.1. The first-order chi connectivity index (χ1) is 4.84. The van der Waals surface area contributed by atoms with Crippen LogP contribution >= 0.6 is 0 Å². The first-order valence-corrected chi connectivity index (χ1v) is 4.16. The summed E-state index contributed by atoms with van der Waals surface area (Å²) >= 11 is 0. The van der Waals surface area contributed by atoms with Crippen LogP contribution in [0.15, 0.2) is 0 Å². The number of ether oxygens (including phenoxy) is 1. The summed E-state index contributed by atoms with van der Waals surface area (Å²) in [5.41, 5.74) is 0. The van der Waals surface area contributed by atoms with Crippen molar-refractivity contribution in [2.75, 3.05) is 20.2 Å². The summed E-state index contributed by atoms with van der Waals surface area (Å²) in [6, 6.07) is 0. The Morgan fingerprint density at radius 3 is 2.90 bits per heavy atom. The third kappa shape index (κ3) is 1.96. The van der Waals surface area contributed by atoms with Crippen LogP contribution in [0.1, 0.15) is 26.2 Å². The highest BCUT2D eigenvalue weighted by molar-refractivity contribution is 4.65. The van der Waals surface area contributed by atoms with E-state index in [0.717, 1.165) is 6.61 Å². The van der Waals surface area contributed by atoms with E-state index in [2.05, 4.69) is 18.9 Å². The molecule has 0 N–H and O–H groups in total. The van der Waals surface area contributed by atoms with Gasteiger partial charge in [0, 0.05) is 13.2 Å². The van der Waals surface area contributed by atoms with Crippen molar-refractivity contribution in [3.8, 4) is 0 Å². The molecule has 0 aromatic heterocycles. The van der Waals surface area contributed by atoms with Gasteiger partial charge < -0.3 is 4.74 Å². The predicted octanol–water partition coefficient (Wildman–Crippen LogP) is 1.46. The van der Waals surface area contributed by atoms with Crippen molar-refractivity contribution in [3.63, 3.8) is 0 Å². The summed E-state index contributed by atoms with van der Waals surface area (Å²) in [4.78, 5) is 2.30. The Balaban J connectivity index is 2.25. The Bertz CT molecular complexity index is 93.3. The fourth-order valence-electron chi connectivity index (χ4n) is 1.45. The summed E-state index contributed by atoms with van der Waals surface area (Å²) in [7, 11) is 2.14. The molecule has 1 aliphatic heterocycles. The molecule has 0 radical (unpaired) electrons. The van der Waals surface area contributed by atoms with Gasteiger partial charge in [0.05, 0.1) is 0 Å². The average molecular weight is 143 g/mol. The average Bonchev–Trinajstić information content (AvgIpc) is 1.94. The Labute approximate surface area is 63.2 Å². The van der Waals surface area contributed by atoms with Gasteiger partial charge in [-0.1, -0.05) is 0 Å². The van der Waals surface area contributed by atoms with Crippen LogP contribution in [0.5, 0.6) is 0 Å². The molecule has 60 valence electrons. The minimum atomic E-state index is 0.402. The van der Waals surface area contributed by atoms with Gasteiger partial charge in [0.2, 0.25) is 0 Å². The molecule has 0 saturated carbocycles. The second-order valence-electron chi connectivity index (χ2n) is 2.89. The third-order valence-corrected chi connectivity index (χ3v) is 2.06. The maximum absolute atomic E-state index is 5.52. The molecule has 1 aliphatic rings. The maximum Gasteiger partial charge on any atom is 0.110 e. The van der Waals surface area contributed by atoms with Crippen molar-refractivity contribution < 1.29 is 4.74 Å². The molecule has 0 bridgehead atoms. The highest BCUT2D eigenvalue weighted by Gasteiger charge is 2.17. The SMILES string of the molecule is CCOC1CCCCN1C. The smallest absolute Gasteiger partial charge is 0.110 e. The van der Waals surface area contributed by atoms with Crippen molar-refractivity contribution >= 4 is 0 Å². The lowest BCUT2D eigenvalue weighted by Gasteiger charge is -2.31. The van der Waals surface area contributed by atoms with E-state index in [1.54, 1.807) is 0 Å². The van der Waals surface area contributed by atoms with E-state index in [9.17, 15) is 0 Å². The van der Waals surface area contributed by atoms with Gasteiger partial charge in [0.1, 0.15) is 6.23 Å². The monoisotopic (exact) mass is 143 g/mol. The van der Waals surface area contributed by atoms with Crippen LogP contribution < -0.4 is 0 Å². The normalized spacial score (nSPS) is 28.8. The Hall–Kier alpha value is -0.0800. The molecule has 2 heteroatoms.